The van der Waals surface area contributed by atoms with Crippen molar-refractivity contribution in [3.05, 3.63) is 0 Å². The lowest BCUT2D eigenvalue weighted by Crippen LogP contribution is -2.50. The highest BCUT2D eigenvalue weighted by molar-refractivity contribution is 5.89. The highest BCUT2D eigenvalue weighted by Crippen LogP contribution is 2.32. The summed E-state index contributed by atoms with van der Waals surface area (Å²) in [4.78, 5) is 133. The lowest BCUT2D eigenvalue weighted by atomic mass is 9.79. The molecule has 0 aromatic rings. The van der Waals surface area contributed by atoms with Gasteiger partial charge in [-0.3, -0.25) is 29.0 Å². The second-order valence-electron chi connectivity index (χ2n) is 29.9. The highest BCUT2D eigenvalue weighted by Gasteiger charge is 2.44. The predicted molar refractivity (Wildman–Crippen MR) is 425 cm³/mol. The average molecular weight is 1560 g/mol. The van der Waals surface area contributed by atoms with Crippen molar-refractivity contribution in [2.24, 2.45) is 62.3 Å². The molecule has 2 saturated heterocycles. The molecule has 0 aromatic carbocycles. The van der Waals surface area contributed by atoms with Gasteiger partial charge in [0.1, 0.15) is 40.5 Å². The SMILES string of the molecule is C.C.C.CCC(=O)C1CCC(CNC(=O)N/N=C/[C@@H](N)CC)CC1.CCO[C@@H]1C[C@@H](C(=O)N[C@H](/C=N/NC(=O)NCC2CCC(C(=O)CC)CC2)CC)N(C(=O)OC(C)(C)C)C1.CCO[C@@H]1C[C@@H](C(=O)O)N(C(=O)OC(C)(C)C)C1.CC[C@@H](/C=N/NC(=O)NCC1CCC(C(=O)O)CC1)NC(=O)OC(C)(C)C.CN. The Kier molecular flexibility index (Phi) is 53.7. The highest BCUT2D eigenvalue weighted by atomic mass is 16.6. The van der Waals surface area contributed by atoms with Crippen LogP contribution in [-0.4, -0.2) is 217 Å². The summed E-state index contributed by atoms with van der Waals surface area (Å²) in [7, 11) is 1.50. The Morgan fingerprint density at radius 3 is 1.10 bits per heavy atom. The minimum atomic E-state index is -1.02. The fraction of sp³-hybridized carbons (Fsp3) is 0.816. The van der Waals surface area contributed by atoms with Gasteiger partial charge in [-0.1, -0.05) is 56.9 Å². The van der Waals surface area contributed by atoms with Crippen LogP contribution in [0, 0.1) is 35.5 Å². The zero-order valence-corrected chi connectivity index (χ0v) is 66.4. The number of hydrogen-bond donors (Lipinski definition) is 12. The topological polar surface area (TPSA) is 466 Å². The fourth-order valence-corrected chi connectivity index (χ4v) is 12.1. The van der Waals surface area contributed by atoms with Crippen molar-refractivity contribution in [3.63, 3.8) is 0 Å². The summed E-state index contributed by atoms with van der Waals surface area (Å²) in [5, 5.41) is 43.7. The molecule has 33 nitrogen and oxygen atoms in total. The van der Waals surface area contributed by atoms with Crippen LogP contribution in [0.15, 0.2) is 15.3 Å². The largest absolute Gasteiger partial charge is 0.481 e. The number of alkyl carbamates (subject to hydrolysis) is 1. The van der Waals surface area contributed by atoms with Gasteiger partial charge in [-0.2, -0.15) is 15.3 Å². The predicted octanol–water partition coefficient (Wildman–Crippen LogP) is 10.6. The summed E-state index contributed by atoms with van der Waals surface area (Å²) < 4.78 is 26.9. The van der Waals surface area contributed by atoms with Crippen LogP contribution in [0.4, 0.5) is 28.8 Å². The third-order valence-corrected chi connectivity index (χ3v) is 18.0. The van der Waals surface area contributed by atoms with E-state index in [1.54, 1.807) is 62.3 Å². The smallest absolute Gasteiger partial charge is 0.411 e. The second-order valence-corrected chi connectivity index (χ2v) is 29.9. The van der Waals surface area contributed by atoms with Crippen LogP contribution in [0.1, 0.15) is 255 Å². The van der Waals surface area contributed by atoms with Gasteiger partial charge >= 0.3 is 48.3 Å². The number of urea groups is 3. The Balaban J connectivity index is -0.00000140. The third kappa shape index (κ3) is 45.2. The van der Waals surface area contributed by atoms with Gasteiger partial charge in [0.25, 0.3) is 0 Å². The van der Waals surface area contributed by atoms with Gasteiger partial charge in [0.15, 0.2) is 0 Å². The summed E-state index contributed by atoms with van der Waals surface area (Å²) in [6, 6.07) is -3.65. The second kappa shape index (κ2) is 55.6. The van der Waals surface area contributed by atoms with Gasteiger partial charge in [0, 0.05) is 95.1 Å². The van der Waals surface area contributed by atoms with Crippen molar-refractivity contribution in [1.29, 1.82) is 0 Å². The van der Waals surface area contributed by atoms with Crippen LogP contribution >= 0.6 is 0 Å². The van der Waals surface area contributed by atoms with E-state index in [0.29, 0.717) is 108 Å². The number of carbonyl (C=O) groups excluding carboxylic acids is 9. The van der Waals surface area contributed by atoms with Crippen LogP contribution in [0.25, 0.3) is 0 Å². The number of carboxylic acid groups (broad SMARTS) is 2. The molecule has 33 heteroatoms. The summed E-state index contributed by atoms with van der Waals surface area (Å²) >= 11 is 0. The monoisotopic (exact) mass is 1560 g/mol. The van der Waals surface area contributed by atoms with Crippen molar-refractivity contribution in [2.45, 2.75) is 314 Å². The third-order valence-electron chi connectivity index (χ3n) is 18.0. The van der Waals surface area contributed by atoms with Crippen LogP contribution in [-0.2, 0) is 47.7 Å². The van der Waals surface area contributed by atoms with E-state index in [4.69, 9.17) is 39.6 Å². The first-order chi connectivity index (χ1) is 49.9. The van der Waals surface area contributed by atoms with Gasteiger partial charge in [0.05, 0.1) is 43.3 Å². The molecule has 14 N–H and O–H groups in total. The Hall–Kier alpha value is -7.78. The summed E-state index contributed by atoms with van der Waals surface area (Å²) in [5.41, 5.74) is 15.5. The number of amides is 10. The Morgan fingerprint density at radius 1 is 0.459 bits per heavy atom. The van der Waals surface area contributed by atoms with E-state index in [0.717, 1.165) is 70.6 Å². The number of nitrogens with two attached hydrogens (primary N) is 2. The number of Topliss-reactive ketones (excluding diaryl/α,β-unsaturated/α-hetero) is 2. The number of ketones is 2. The lowest BCUT2D eigenvalue weighted by Gasteiger charge is -2.28. The number of hydrogen-bond acceptors (Lipinski definition) is 21. The molecular formula is C76H145N15O18. The molecule has 5 rings (SSSR count). The van der Waals surface area contributed by atoms with E-state index in [-0.39, 0.29) is 95.3 Å². The zero-order chi connectivity index (χ0) is 80.3. The van der Waals surface area contributed by atoms with Crippen LogP contribution in [0.2, 0.25) is 0 Å². The molecule has 5 fully saturated rings. The molecule has 0 unspecified atom stereocenters. The Morgan fingerprint density at radius 2 is 0.789 bits per heavy atom. The molecule has 0 spiro atoms. The van der Waals surface area contributed by atoms with E-state index in [9.17, 15) is 52.7 Å². The standard InChI is InChI=1S/C27H47N5O6.C18H32N4O5.C15H28N4O2.C12H21NO5.CH5N.3CH4/c1-7-20(16-29-31-25(35)28-15-18-10-12-19(13-11-18)23(33)8-2)30-24(34)22-14-21(37-9-3)17-32(22)26(36)38-27(4,5)6;1-5-14(21-17(26)27-18(2,3)4)11-20-22-16(25)19-10-12-6-8-13(9-7-12)15(23)24;1-3-13(16)10-18-19-15(21)17-9-11-5-7-12(8-6-11)14(20)4-2;1-5-17-8-6-9(10(14)15)13(7-8)11(16)18-12(2,3)4;1-2;;;/h16,18-22H,7-15,17H2,1-6H3,(H,30,34)(H2,28,31,35);11-14H,5-10H2,1-4H3,(H,21,26)(H,23,24)(H2,19,22,25);10-13H,3-9,16H2,1-2H3,(H2,17,19,21);8-9H,5-7H2,1-4H3,(H,14,15);2H2,1H3;3*1H4/b29-16+;20-11+;18-10+;;;;;/t18?,19?,20-,21+,22-;12?,13?,14-;11?,12?,13-;8-,9+;;;;/m0001..../s1. The molecule has 0 radical (unpaired) electrons. The number of nitrogens with one attached hydrogen (secondary N) is 8. The van der Waals surface area contributed by atoms with Gasteiger partial charge in [-0.25, -0.2) is 49.8 Å². The minimum Gasteiger partial charge on any atom is -0.481 e. The van der Waals surface area contributed by atoms with Crippen molar-refractivity contribution in [3.8, 4) is 0 Å². The van der Waals surface area contributed by atoms with E-state index in [1.165, 1.54) is 35.5 Å². The molecule has 0 aromatic heterocycles. The molecule has 632 valence electrons. The first-order valence-electron chi connectivity index (χ1n) is 38.0. The molecule has 7 atom stereocenters. The number of ether oxygens (including phenoxy) is 5. The summed E-state index contributed by atoms with van der Waals surface area (Å²) in [6.45, 7) is 32.4. The maximum absolute atomic E-state index is 13.1. The number of carbonyl (C=O) groups is 11. The number of rotatable bonds is 28. The number of nitrogens with zero attached hydrogens (tertiary/aromatic N) is 5. The minimum absolute atomic E-state index is 0. The van der Waals surface area contributed by atoms with Crippen molar-refractivity contribution in [1.82, 2.24) is 52.7 Å². The van der Waals surface area contributed by atoms with Gasteiger partial charge < -0.3 is 71.9 Å². The Labute approximate surface area is 650 Å². The normalized spacial score (nSPS) is 22.5. The quantitative estimate of drug-likeness (QED) is 0.0197. The molecule has 2 heterocycles. The molecule has 2 aliphatic heterocycles. The number of likely N-dealkylation sites (tertiary alicyclic amines) is 2. The molecular weight excluding hydrogens is 1410 g/mol. The van der Waals surface area contributed by atoms with E-state index >= 15 is 0 Å². The van der Waals surface area contributed by atoms with Gasteiger partial charge in [-0.05, 0) is 197 Å². The number of hydrazone groups is 3. The van der Waals surface area contributed by atoms with Gasteiger partial charge in [0.2, 0.25) is 5.91 Å². The molecule has 0 bridgehead atoms. The molecule has 5 aliphatic rings. The first-order valence-corrected chi connectivity index (χ1v) is 38.0. The van der Waals surface area contributed by atoms with E-state index in [2.05, 4.69) is 63.9 Å². The average Bonchev–Trinajstić information content (AvgIpc) is 1.68. The van der Waals surface area contributed by atoms with Crippen molar-refractivity contribution < 1.29 is 86.6 Å². The number of aliphatic carboxylic acids is 2. The van der Waals surface area contributed by atoms with Crippen LogP contribution in [0.3, 0.4) is 0 Å². The maximum Gasteiger partial charge on any atom is 0.411 e. The van der Waals surface area contributed by atoms with E-state index < -0.39 is 77.2 Å². The molecule has 109 heavy (non-hydrogen) atoms. The van der Waals surface area contributed by atoms with Crippen LogP contribution in [0.5, 0.6) is 0 Å². The fourth-order valence-electron chi connectivity index (χ4n) is 12.1. The number of carboxylic acids is 2. The Bertz CT molecular complexity index is 2770. The van der Waals surface area contributed by atoms with Gasteiger partial charge in [-0.15, -0.1) is 0 Å². The van der Waals surface area contributed by atoms with Crippen LogP contribution < -0.4 is 54.3 Å². The molecule has 10 amide bonds. The molecule has 3 aliphatic carbocycles. The first kappa shape index (κ1) is 105. The molecule has 3 saturated carbocycles. The lowest BCUT2D eigenvalue weighted by molar-refractivity contribution is -0.143. The van der Waals surface area contributed by atoms with Crippen molar-refractivity contribution >= 4 is 84.4 Å². The van der Waals surface area contributed by atoms with E-state index in [1.807, 2.05) is 48.5 Å². The van der Waals surface area contributed by atoms with Crippen molar-refractivity contribution in [2.75, 3.05) is 53.0 Å². The summed E-state index contributed by atoms with van der Waals surface area (Å²) in [6.07, 6.45) is 16.5. The summed E-state index contributed by atoms with van der Waals surface area (Å²) in [5.74, 6) is -0.134. The zero-order valence-electron chi connectivity index (χ0n) is 66.4. The maximum atomic E-state index is 13.1.